The first kappa shape index (κ1) is 24.3. The molecule has 0 N–H and O–H groups in total. The summed E-state index contributed by atoms with van der Waals surface area (Å²) < 4.78 is 122. The van der Waals surface area contributed by atoms with E-state index in [4.69, 9.17) is 0 Å². The minimum atomic E-state index is -6.99. The van der Waals surface area contributed by atoms with Crippen molar-refractivity contribution in [3.63, 3.8) is 0 Å². The van der Waals surface area contributed by atoms with Crippen LogP contribution in [0.5, 0.6) is 0 Å². The topological polar surface area (TPSA) is 15.7 Å². The monoisotopic (exact) mass is 408 g/mol. The fraction of sp³-hybridized carbons (Fsp3) is 0.833. The molecule has 0 bridgehead atoms. The van der Waals surface area contributed by atoms with Crippen LogP contribution in [0.2, 0.25) is 0 Å². The van der Waals surface area contributed by atoms with Gasteiger partial charge in [-0.15, -0.1) is 0 Å². The third kappa shape index (κ3) is 4.71. The second-order valence-corrected chi connectivity index (χ2v) is 6.35. The molecule has 0 aromatic heterocycles. The SMILES string of the molecule is C=CN(CC)P(OC(F)(F)C(F)(F)C(F)(F)C(F)(F)F)N(CC)CC. The van der Waals surface area contributed by atoms with Crippen LogP contribution < -0.4 is 0 Å². The van der Waals surface area contributed by atoms with Crippen molar-refractivity contribution in [2.45, 2.75) is 44.9 Å². The summed E-state index contributed by atoms with van der Waals surface area (Å²) in [5.41, 5.74) is 0. The number of alkyl halides is 9. The molecule has 150 valence electrons. The summed E-state index contributed by atoms with van der Waals surface area (Å²) in [6, 6.07) is 0. The van der Waals surface area contributed by atoms with E-state index in [1.807, 2.05) is 0 Å². The van der Waals surface area contributed by atoms with E-state index in [-0.39, 0.29) is 19.6 Å². The highest BCUT2D eigenvalue weighted by Gasteiger charge is 2.83. The zero-order chi connectivity index (χ0) is 20.3. The first-order chi connectivity index (χ1) is 11.1. The van der Waals surface area contributed by atoms with Crippen molar-refractivity contribution in [3.05, 3.63) is 12.8 Å². The lowest BCUT2D eigenvalue weighted by Gasteiger charge is -2.40. The summed E-state index contributed by atoms with van der Waals surface area (Å²) in [6.07, 6.45) is -12.0. The Bertz CT molecular complexity index is 441. The van der Waals surface area contributed by atoms with E-state index in [1.54, 1.807) is 0 Å². The van der Waals surface area contributed by atoms with Gasteiger partial charge in [0, 0.05) is 19.6 Å². The quantitative estimate of drug-likeness (QED) is 0.353. The first-order valence-corrected chi connectivity index (χ1v) is 8.14. The van der Waals surface area contributed by atoms with Crippen LogP contribution in [0, 0.1) is 0 Å². The minimum absolute atomic E-state index is 0.0101. The van der Waals surface area contributed by atoms with E-state index >= 15 is 0 Å². The lowest BCUT2D eigenvalue weighted by Crippen LogP contribution is -2.61. The summed E-state index contributed by atoms with van der Waals surface area (Å²) in [5.74, 6) is -13.8. The molecule has 0 amide bonds. The number of hydrogen-bond donors (Lipinski definition) is 0. The van der Waals surface area contributed by atoms with Crippen molar-refractivity contribution in [1.29, 1.82) is 0 Å². The molecular formula is C12H18F9N2OP. The van der Waals surface area contributed by atoms with Gasteiger partial charge in [0.2, 0.25) is 8.45 Å². The van der Waals surface area contributed by atoms with E-state index in [1.165, 1.54) is 20.8 Å². The van der Waals surface area contributed by atoms with Crippen LogP contribution in [0.15, 0.2) is 12.8 Å². The Morgan fingerprint density at radius 2 is 1.28 bits per heavy atom. The predicted octanol–water partition coefficient (Wildman–Crippen LogP) is 5.46. The Labute approximate surface area is 140 Å². The zero-order valence-corrected chi connectivity index (χ0v) is 14.5. The summed E-state index contributed by atoms with van der Waals surface area (Å²) in [4.78, 5) is 0. The van der Waals surface area contributed by atoms with Gasteiger partial charge in [-0.1, -0.05) is 20.4 Å². The largest absolute Gasteiger partial charge is 0.460 e. The number of hydrogen-bond acceptors (Lipinski definition) is 3. The van der Waals surface area contributed by atoms with E-state index in [0.29, 0.717) is 0 Å². The van der Waals surface area contributed by atoms with Gasteiger partial charge in [0.05, 0.1) is 0 Å². The summed E-state index contributed by atoms with van der Waals surface area (Å²) in [6.45, 7) is 7.45. The maximum Gasteiger partial charge on any atom is 0.460 e. The summed E-state index contributed by atoms with van der Waals surface area (Å²) in [7, 11) is -2.81. The molecule has 0 aliphatic carbocycles. The van der Waals surface area contributed by atoms with Crippen molar-refractivity contribution >= 4 is 8.45 Å². The molecule has 0 saturated carbocycles. The highest BCUT2D eigenvalue weighted by Crippen LogP contribution is 2.58. The lowest BCUT2D eigenvalue weighted by molar-refractivity contribution is -0.428. The Balaban J connectivity index is 5.91. The number of rotatable bonds is 10. The van der Waals surface area contributed by atoms with Gasteiger partial charge in [0.1, 0.15) is 0 Å². The maximum absolute atomic E-state index is 13.7. The second-order valence-electron chi connectivity index (χ2n) is 4.58. The van der Waals surface area contributed by atoms with E-state index in [0.717, 1.165) is 15.5 Å². The minimum Gasteiger partial charge on any atom is -0.324 e. The highest BCUT2D eigenvalue weighted by molar-refractivity contribution is 7.47. The molecule has 1 atom stereocenters. The molecule has 0 rings (SSSR count). The van der Waals surface area contributed by atoms with Crippen LogP contribution in [-0.2, 0) is 4.52 Å². The van der Waals surface area contributed by atoms with Gasteiger partial charge in [-0.05, 0) is 13.1 Å². The standard InChI is InChI=1S/C12H18F9N2OP/c1-5-22(6-2)25(23(7-3)8-4)24-12(20,21)10(15,16)9(13,14)11(17,18)19/h5H,1,6-8H2,2-4H3. The van der Waals surface area contributed by atoms with Crippen LogP contribution in [0.3, 0.4) is 0 Å². The van der Waals surface area contributed by atoms with Crippen molar-refractivity contribution in [3.8, 4) is 0 Å². The van der Waals surface area contributed by atoms with Gasteiger partial charge in [0.25, 0.3) is 0 Å². The lowest BCUT2D eigenvalue weighted by atomic mass is 10.1. The fourth-order valence-corrected chi connectivity index (χ4v) is 3.31. The molecule has 13 heteroatoms. The Kier molecular flexibility index (Phi) is 8.06. The van der Waals surface area contributed by atoms with Gasteiger partial charge in [-0.25, -0.2) is 4.67 Å². The summed E-state index contributed by atoms with van der Waals surface area (Å²) >= 11 is 0. The third-order valence-corrected chi connectivity index (χ3v) is 5.37. The predicted molar refractivity (Wildman–Crippen MR) is 74.4 cm³/mol. The van der Waals surface area contributed by atoms with Crippen LogP contribution in [0.1, 0.15) is 20.8 Å². The number of nitrogens with zero attached hydrogens (tertiary/aromatic N) is 2. The van der Waals surface area contributed by atoms with Crippen molar-refractivity contribution in [2.75, 3.05) is 19.6 Å². The van der Waals surface area contributed by atoms with Crippen LogP contribution in [-0.4, -0.2) is 53.1 Å². The molecule has 0 aromatic rings. The van der Waals surface area contributed by atoms with Crippen LogP contribution in [0.25, 0.3) is 0 Å². The molecule has 0 aromatic carbocycles. The van der Waals surface area contributed by atoms with Crippen molar-refractivity contribution in [1.82, 2.24) is 9.34 Å². The van der Waals surface area contributed by atoms with Crippen molar-refractivity contribution < 1.29 is 44.0 Å². The molecule has 3 nitrogen and oxygen atoms in total. The molecule has 0 saturated heterocycles. The highest BCUT2D eigenvalue weighted by atomic mass is 31.2. The van der Waals surface area contributed by atoms with Gasteiger partial charge < -0.3 is 4.67 Å². The average molecular weight is 408 g/mol. The van der Waals surface area contributed by atoms with Gasteiger partial charge in [-0.2, -0.15) is 39.5 Å². The van der Waals surface area contributed by atoms with E-state index < -0.39 is 32.6 Å². The van der Waals surface area contributed by atoms with Gasteiger partial charge >= 0.3 is 24.1 Å². The molecule has 0 radical (unpaired) electrons. The van der Waals surface area contributed by atoms with Crippen molar-refractivity contribution in [2.24, 2.45) is 0 Å². The molecular weight excluding hydrogens is 390 g/mol. The summed E-state index contributed by atoms with van der Waals surface area (Å²) in [5, 5.41) is 0. The Morgan fingerprint density at radius 1 is 0.840 bits per heavy atom. The van der Waals surface area contributed by atoms with E-state index in [2.05, 4.69) is 11.1 Å². The Hall–Kier alpha value is -0.740. The van der Waals surface area contributed by atoms with Gasteiger partial charge in [-0.3, -0.25) is 4.52 Å². The van der Waals surface area contributed by atoms with Gasteiger partial charge in [0.15, 0.2) is 0 Å². The molecule has 0 aliphatic heterocycles. The first-order valence-electron chi connectivity index (χ1n) is 6.97. The normalized spacial score (nSPS) is 15.4. The number of halogens is 9. The molecule has 0 heterocycles. The smallest absolute Gasteiger partial charge is 0.324 e. The zero-order valence-electron chi connectivity index (χ0n) is 13.6. The Morgan fingerprint density at radius 3 is 1.56 bits per heavy atom. The molecule has 25 heavy (non-hydrogen) atoms. The average Bonchev–Trinajstić information content (AvgIpc) is 2.47. The third-order valence-electron chi connectivity index (χ3n) is 3.04. The maximum atomic E-state index is 13.7. The van der Waals surface area contributed by atoms with Crippen LogP contribution in [0.4, 0.5) is 39.5 Å². The van der Waals surface area contributed by atoms with E-state index in [9.17, 15) is 39.5 Å². The fourth-order valence-electron chi connectivity index (χ4n) is 1.58. The second kappa shape index (κ2) is 8.30. The van der Waals surface area contributed by atoms with Crippen LogP contribution >= 0.6 is 8.45 Å². The molecule has 0 spiro atoms. The molecule has 1 unspecified atom stereocenters. The molecule has 0 fully saturated rings. The molecule has 0 aliphatic rings.